The number of thiazole rings is 1. The second-order valence-electron chi connectivity index (χ2n) is 8.24. The predicted octanol–water partition coefficient (Wildman–Crippen LogP) is 0.987. The van der Waals surface area contributed by atoms with Crippen molar-refractivity contribution in [2.24, 2.45) is 11.7 Å². The Morgan fingerprint density at radius 2 is 1.88 bits per heavy atom. The molecule has 5 rings (SSSR count). The van der Waals surface area contributed by atoms with Crippen LogP contribution in [0.1, 0.15) is 35.6 Å². The first-order valence-corrected chi connectivity index (χ1v) is 12.3. The van der Waals surface area contributed by atoms with E-state index in [9.17, 15) is 24.0 Å². The molecular weight excluding hydrogens is 466 g/mol. The fourth-order valence-corrected chi connectivity index (χ4v) is 7.54. The Morgan fingerprint density at radius 1 is 1.12 bits per heavy atom. The molecule has 10 nitrogen and oxygen atoms in total. The number of thioether (sulfide) groups is 1. The van der Waals surface area contributed by atoms with Gasteiger partial charge in [-0.1, -0.05) is 29.2 Å². The molecule has 0 spiro atoms. The van der Waals surface area contributed by atoms with E-state index in [1.165, 1.54) is 4.57 Å². The molecule has 2 N–H and O–H groups in total. The number of urea groups is 1. The number of carbonyl (C=O) groups excluding carboxylic acids is 4. The molecule has 3 aliphatic rings. The molecule has 12 heteroatoms. The van der Waals surface area contributed by atoms with E-state index in [-0.39, 0.29) is 17.3 Å². The highest BCUT2D eigenvalue weighted by Crippen LogP contribution is 2.53. The molecule has 2 aromatic heterocycles. The Bertz CT molecular complexity index is 1200. The second kappa shape index (κ2) is 8.41. The van der Waals surface area contributed by atoms with Crippen molar-refractivity contribution in [1.29, 1.82) is 0 Å². The molecule has 0 aliphatic carbocycles. The number of fused-ring (bicyclic) bond motifs is 2. The molecule has 0 radical (unpaired) electrons. The third-order valence-electron chi connectivity index (χ3n) is 6.32. The van der Waals surface area contributed by atoms with Gasteiger partial charge in [0.1, 0.15) is 11.8 Å². The minimum absolute atomic E-state index is 0.128. The maximum Gasteiger partial charge on any atom is 0.328 e. The van der Waals surface area contributed by atoms with Crippen molar-refractivity contribution in [2.45, 2.75) is 42.0 Å². The van der Waals surface area contributed by atoms with Crippen molar-refractivity contribution in [3.63, 3.8) is 0 Å². The minimum atomic E-state index is -1.12. The number of nitrogens with two attached hydrogens (primary N) is 1. The zero-order valence-electron chi connectivity index (χ0n) is 17.5. The molecule has 3 unspecified atom stereocenters. The quantitative estimate of drug-likeness (QED) is 0.638. The van der Waals surface area contributed by atoms with Gasteiger partial charge in [-0.3, -0.25) is 28.7 Å². The topological polar surface area (TPSA) is 136 Å². The van der Waals surface area contributed by atoms with E-state index in [0.29, 0.717) is 33.5 Å². The summed E-state index contributed by atoms with van der Waals surface area (Å²) in [5.41, 5.74) is 5.97. The van der Waals surface area contributed by atoms with Crippen LogP contribution < -0.4 is 10.6 Å². The fraction of sp³-hybridized carbons (Fsp3) is 0.429. The van der Waals surface area contributed by atoms with Crippen LogP contribution >= 0.6 is 23.1 Å². The number of aromatic nitrogens is 2. The summed E-state index contributed by atoms with van der Waals surface area (Å²) in [7, 11) is 0. The van der Waals surface area contributed by atoms with Gasteiger partial charge in [-0.25, -0.2) is 4.79 Å². The largest absolute Gasteiger partial charge is 0.351 e. The van der Waals surface area contributed by atoms with E-state index >= 15 is 0 Å². The zero-order chi connectivity index (χ0) is 23.3. The normalized spacial score (nSPS) is 24.5. The maximum atomic E-state index is 13.1. The molecule has 5 heterocycles. The first-order valence-electron chi connectivity index (χ1n) is 10.6. The number of hydrogen-bond donors (Lipinski definition) is 1. The van der Waals surface area contributed by atoms with E-state index in [2.05, 4.69) is 4.98 Å². The number of pyridine rings is 1. The maximum absolute atomic E-state index is 13.1. The van der Waals surface area contributed by atoms with Gasteiger partial charge < -0.3 is 10.6 Å². The van der Waals surface area contributed by atoms with Gasteiger partial charge in [-0.2, -0.15) is 4.90 Å². The highest BCUT2D eigenvalue weighted by Gasteiger charge is 2.58. The van der Waals surface area contributed by atoms with E-state index in [4.69, 9.17) is 5.73 Å². The van der Waals surface area contributed by atoms with Gasteiger partial charge in [0, 0.05) is 36.3 Å². The van der Waals surface area contributed by atoms with Gasteiger partial charge in [0.25, 0.3) is 5.91 Å². The van der Waals surface area contributed by atoms with E-state index in [0.717, 1.165) is 42.4 Å². The van der Waals surface area contributed by atoms with Gasteiger partial charge >= 0.3 is 10.9 Å². The average molecular weight is 488 g/mol. The highest BCUT2D eigenvalue weighted by atomic mass is 32.2. The number of likely N-dealkylation sites (tertiary alicyclic amines) is 2. The number of amides is 5. The molecule has 2 aromatic rings. The lowest BCUT2D eigenvalue weighted by Gasteiger charge is -2.31. The second-order valence-corrected chi connectivity index (χ2v) is 10.4. The van der Waals surface area contributed by atoms with Crippen LogP contribution in [0, 0.1) is 5.92 Å². The summed E-state index contributed by atoms with van der Waals surface area (Å²) in [6.07, 6.45) is 6.12. The number of primary amides is 1. The third-order valence-corrected chi connectivity index (χ3v) is 8.92. The van der Waals surface area contributed by atoms with Crippen LogP contribution in [-0.4, -0.2) is 61.4 Å². The van der Waals surface area contributed by atoms with Crippen molar-refractivity contribution >= 4 is 46.9 Å². The number of hydrogen-bond acceptors (Lipinski definition) is 8. The average Bonchev–Trinajstić information content (AvgIpc) is 3.26. The van der Waals surface area contributed by atoms with E-state index < -0.39 is 34.9 Å². The van der Waals surface area contributed by atoms with Crippen LogP contribution in [0.5, 0.6) is 0 Å². The van der Waals surface area contributed by atoms with Crippen LogP contribution in [0.2, 0.25) is 0 Å². The van der Waals surface area contributed by atoms with Gasteiger partial charge in [0.05, 0.1) is 10.9 Å². The first-order chi connectivity index (χ1) is 15.9. The molecule has 172 valence electrons. The molecule has 5 amide bonds. The summed E-state index contributed by atoms with van der Waals surface area (Å²) < 4.78 is 1.39. The Kier molecular flexibility index (Phi) is 5.57. The Morgan fingerprint density at radius 3 is 2.55 bits per heavy atom. The van der Waals surface area contributed by atoms with Crippen molar-refractivity contribution in [3.8, 4) is 0 Å². The van der Waals surface area contributed by atoms with Crippen LogP contribution in [-0.2, 0) is 20.9 Å². The van der Waals surface area contributed by atoms with Crippen molar-refractivity contribution in [1.82, 2.24) is 19.4 Å². The molecule has 3 aliphatic heterocycles. The number of carbonyl (C=O) groups is 4. The summed E-state index contributed by atoms with van der Waals surface area (Å²) in [5, 5.41) is -0.439. The molecule has 2 saturated heterocycles. The number of imide groups is 3. The molecule has 3 atom stereocenters. The Balaban J connectivity index is 1.58. The summed E-state index contributed by atoms with van der Waals surface area (Å²) in [4.78, 5) is 70.5. The molecular formula is C21H21N5O5S2. The first kappa shape index (κ1) is 21.8. The molecule has 0 bridgehead atoms. The summed E-state index contributed by atoms with van der Waals surface area (Å²) in [5.74, 6) is -3.07. The fourth-order valence-electron chi connectivity index (χ4n) is 4.77. The molecule has 33 heavy (non-hydrogen) atoms. The summed E-state index contributed by atoms with van der Waals surface area (Å²) in [6, 6.07) is 2.36. The van der Waals surface area contributed by atoms with Crippen LogP contribution in [0.4, 0.5) is 4.79 Å². The smallest absolute Gasteiger partial charge is 0.328 e. The minimum Gasteiger partial charge on any atom is -0.351 e. The SMILES string of the molecule is NC(=O)N1C(=O)C2Sc3c(sc(=O)n3CC(=O)N3CCCCC3)C(c3cccnc3)C2C1=O. The summed E-state index contributed by atoms with van der Waals surface area (Å²) >= 11 is 2.02. The number of nitrogens with zero attached hydrogens (tertiary/aromatic N) is 4. The van der Waals surface area contributed by atoms with Crippen molar-refractivity contribution < 1.29 is 19.2 Å². The van der Waals surface area contributed by atoms with Crippen molar-refractivity contribution in [2.75, 3.05) is 13.1 Å². The zero-order valence-corrected chi connectivity index (χ0v) is 19.1. The third kappa shape index (κ3) is 3.57. The lowest BCUT2D eigenvalue weighted by atomic mass is 9.84. The molecule has 0 saturated carbocycles. The number of rotatable bonds is 3. The van der Waals surface area contributed by atoms with Crippen LogP contribution in [0.25, 0.3) is 0 Å². The molecule has 0 aromatic carbocycles. The van der Waals surface area contributed by atoms with Crippen molar-refractivity contribution in [3.05, 3.63) is 44.6 Å². The predicted molar refractivity (Wildman–Crippen MR) is 120 cm³/mol. The van der Waals surface area contributed by atoms with Gasteiger partial charge in [0.2, 0.25) is 11.8 Å². The monoisotopic (exact) mass is 487 g/mol. The van der Waals surface area contributed by atoms with E-state index in [1.54, 1.807) is 29.4 Å². The van der Waals surface area contributed by atoms with Crippen LogP contribution in [0.15, 0.2) is 34.3 Å². The van der Waals surface area contributed by atoms with Gasteiger partial charge in [0.15, 0.2) is 0 Å². The van der Waals surface area contributed by atoms with E-state index in [1.807, 2.05) is 0 Å². The number of piperidine rings is 1. The van der Waals surface area contributed by atoms with Crippen LogP contribution in [0.3, 0.4) is 0 Å². The highest BCUT2D eigenvalue weighted by molar-refractivity contribution is 8.00. The lowest BCUT2D eigenvalue weighted by Crippen LogP contribution is -2.41. The van der Waals surface area contributed by atoms with Gasteiger partial charge in [-0.15, -0.1) is 0 Å². The standard InChI is InChI=1S/C21H21N5O5S2/c22-20(30)26-17(28)14-13(11-5-4-6-23-9-11)16-19(32-15(14)18(26)29)25(21(31)33-16)10-12(27)24-7-2-1-3-8-24/h4-6,9,13-15H,1-3,7-8,10H2,(H2,22,30). The molecule has 2 fully saturated rings. The summed E-state index contributed by atoms with van der Waals surface area (Å²) in [6.45, 7) is 1.20. The Labute approximate surface area is 196 Å². The van der Waals surface area contributed by atoms with Gasteiger partial charge in [-0.05, 0) is 30.9 Å². The Hall–Kier alpha value is -2.99. The lowest BCUT2D eigenvalue weighted by molar-refractivity contribution is -0.136.